The molecule has 0 saturated carbocycles. The van der Waals surface area contributed by atoms with Gasteiger partial charge in [-0.1, -0.05) is 350 Å². The van der Waals surface area contributed by atoms with Gasteiger partial charge < -0.3 is 33.8 Å². The van der Waals surface area contributed by atoms with Crippen LogP contribution in [0.25, 0.3) is 0 Å². The van der Waals surface area contributed by atoms with Gasteiger partial charge in [0, 0.05) is 25.7 Å². The van der Waals surface area contributed by atoms with Crippen LogP contribution < -0.4 is 0 Å². The average molecular weight is 1410 g/mol. The molecule has 17 nitrogen and oxygen atoms in total. The van der Waals surface area contributed by atoms with E-state index < -0.39 is 97.5 Å². The maximum atomic E-state index is 13.1. The van der Waals surface area contributed by atoms with E-state index in [2.05, 4.69) is 41.5 Å². The molecule has 0 fully saturated rings. The third-order valence-corrected chi connectivity index (χ3v) is 19.9. The lowest BCUT2D eigenvalue weighted by Crippen LogP contribution is -2.30. The highest BCUT2D eigenvalue weighted by molar-refractivity contribution is 7.47. The molecule has 0 aliphatic carbocycles. The van der Waals surface area contributed by atoms with Crippen molar-refractivity contribution in [3.05, 3.63) is 0 Å². The Morgan fingerprint density at radius 1 is 0.281 bits per heavy atom. The van der Waals surface area contributed by atoms with Gasteiger partial charge in [-0.25, -0.2) is 9.13 Å². The van der Waals surface area contributed by atoms with E-state index in [1.54, 1.807) is 0 Å². The Labute approximate surface area is 588 Å². The summed E-state index contributed by atoms with van der Waals surface area (Å²) in [5.41, 5.74) is 0. The van der Waals surface area contributed by atoms with E-state index in [4.69, 9.17) is 37.0 Å². The molecule has 19 heteroatoms. The summed E-state index contributed by atoms with van der Waals surface area (Å²) < 4.78 is 68.5. The summed E-state index contributed by atoms with van der Waals surface area (Å²) in [4.78, 5) is 72.8. The van der Waals surface area contributed by atoms with Crippen molar-refractivity contribution < 1.29 is 80.2 Å². The smallest absolute Gasteiger partial charge is 0.462 e. The van der Waals surface area contributed by atoms with E-state index in [0.29, 0.717) is 31.6 Å². The molecule has 0 aliphatic rings. The fourth-order valence-electron chi connectivity index (χ4n) is 11.8. The number of carbonyl (C=O) groups is 4. The van der Waals surface area contributed by atoms with Crippen LogP contribution in [-0.2, 0) is 65.4 Å². The number of phosphoric ester groups is 2. The zero-order valence-corrected chi connectivity index (χ0v) is 64.5. The van der Waals surface area contributed by atoms with E-state index in [-0.39, 0.29) is 25.7 Å². The number of esters is 4. The van der Waals surface area contributed by atoms with Crippen LogP contribution in [-0.4, -0.2) is 96.7 Å². The van der Waals surface area contributed by atoms with Crippen LogP contribution >= 0.6 is 15.6 Å². The predicted molar refractivity (Wildman–Crippen MR) is 391 cm³/mol. The molecule has 0 aromatic rings. The van der Waals surface area contributed by atoms with Gasteiger partial charge in [-0.15, -0.1) is 0 Å². The quantitative estimate of drug-likeness (QED) is 0.0222. The van der Waals surface area contributed by atoms with Gasteiger partial charge in [0.05, 0.1) is 26.4 Å². The molecule has 0 heterocycles. The first kappa shape index (κ1) is 94.1. The first-order chi connectivity index (χ1) is 46.4. The van der Waals surface area contributed by atoms with Crippen molar-refractivity contribution in [2.75, 3.05) is 39.6 Å². The summed E-state index contributed by atoms with van der Waals surface area (Å²) in [5, 5.41) is 10.6. The molecule has 0 amide bonds. The summed E-state index contributed by atoms with van der Waals surface area (Å²) in [6, 6.07) is 0. The van der Waals surface area contributed by atoms with Crippen molar-refractivity contribution in [2.24, 2.45) is 11.8 Å². The standard InChI is InChI=1S/C77H150O17P2/c1-7-9-11-13-15-17-19-20-21-22-23-26-29-33-36-40-47-53-59-74(79)87-65-72(93-77(82)62-56-50-42-38-34-30-27-24-25-28-32-35-39-45-51-57-69(3)4)67-91-95(83,84)89-63-71(78)64-90-96(85,86)92-68-73(66-88-75(80)60-54-48-44-43-46-52-58-70(5)6)94-76(81)61-55-49-41-37-31-18-16-14-12-10-8-2/h69-73,78H,7-68H2,1-6H3,(H,83,84)(H,85,86)/t71-,72-,73-/m1/s1. The Morgan fingerprint density at radius 3 is 0.708 bits per heavy atom. The van der Waals surface area contributed by atoms with Crippen molar-refractivity contribution in [1.29, 1.82) is 0 Å². The van der Waals surface area contributed by atoms with E-state index in [0.717, 1.165) is 102 Å². The largest absolute Gasteiger partial charge is 0.472 e. The lowest BCUT2D eigenvalue weighted by Gasteiger charge is -2.21. The molecule has 5 atom stereocenters. The van der Waals surface area contributed by atoms with Crippen molar-refractivity contribution in [1.82, 2.24) is 0 Å². The molecule has 0 aliphatic heterocycles. The Morgan fingerprint density at radius 2 is 0.479 bits per heavy atom. The topological polar surface area (TPSA) is 237 Å². The molecule has 2 unspecified atom stereocenters. The van der Waals surface area contributed by atoms with Gasteiger partial charge >= 0.3 is 39.5 Å². The number of aliphatic hydroxyl groups excluding tert-OH is 1. The molecule has 96 heavy (non-hydrogen) atoms. The van der Waals surface area contributed by atoms with Gasteiger partial charge in [0.25, 0.3) is 0 Å². The monoisotopic (exact) mass is 1410 g/mol. The second-order valence-electron chi connectivity index (χ2n) is 28.7. The average Bonchev–Trinajstić information content (AvgIpc) is 1.23. The number of carbonyl (C=O) groups excluding carboxylic acids is 4. The van der Waals surface area contributed by atoms with Gasteiger partial charge in [-0.2, -0.15) is 0 Å². The summed E-state index contributed by atoms with van der Waals surface area (Å²) in [5.74, 6) is -0.633. The maximum absolute atomic E-state index is 13.1. The van der Waals surface area contributed by atoms with Crippen LogP contribution in [0.5, 0.6) is 0 Å². The van der Waals surface area contributed by atoms with Gasteiger partial charge in [0.2, 0.25) is 0 Å². The van der Waals surface area contributed by atoms with Crippen LogP contribution in [0.4, 0.5) is 0 Å². The highest BCUT2D eigenvalue weighted by Crippen LogP contribution is 2.45. The third kappa shape index (κ3) is 70.5. The Balaban J connectivity index is 5.21. The number of aliphatic hydroxyl groups is 1. The number of ether oxygens (including phenoxy) is 4. The van der Waals surface area contributed by atoms with Crippen molar-refractivity contribution in [3.63, 3.8) is 0 Å². The summed E-state index contributed by atoms with van der Waals surface area (Å²) >= 11 is 0. The second-order valence-corrected chi connectivity index (χ2v) is 31.6. The van der Waals surface area contributed by atoms with Gasteiger partial charge in [0.1, 0.15) is 19.3 Å². The highest BCUT2D eigenvalue weighted by atomic mass is 31.2. The van der Waals surface area contributed by atoms with Gasteiger partial charge in [-0.05, 0) is 37.5 Å². The zero-order chi connectivity index (χ0) is 70.7. The van der Waals surface area contributed by atoms with E-state index in [9.17, 15) is 43.2 Å². The van der Waals surface area contributed by atoms with Crippen LogP contribution in [0.3, 0.4) is 0 Å². The summed E-state index contributed by atoms with van der Waals surface area (Å²) in [6.07, 6.45) is 57.1. The SMILES string of the molecule is CCCCCCCCCCCCCCCCCCCCC(=O)OC[C@H](COP(=O)(O)OC[C@@H](O)COP(=O)(O)OC[C@@H](COC(=O)CCCCCCCCC(C)C)OC(=O)CCCCCCCCCCCCC)OC(=O)CCCCCCCCCCCCCCCCCC(C)C. The van der Waals surface area contributed by atoms with Crippen molar-refractivity contribution in [2.45, 2.75) is 419 Å². The first-order valence-electron chi connectivity index (χ1n) is 40.0. The third-order valence-electron chi connectivity index (χ3n) is 18.0. The molecule has 0 spiro atoms. The Kier molecular flexibility index (Phi) is 67.4. The van der Waals surface area contributed by atoms with Crippen molar-refractivity contribution >= 4 is 39.5 Å². The van der Waals surface area contributed by atoms with Crippen LogP contribution in [0.15, 0.2) is 0 Å². The summed E-state index contributed by atoms with van der Waals surface area (Å²) in [6.45, 7) is 9.54. The highest BCUT2D eigenvalue weighted by Gasteiger charge is 2.30. The molecule has 0 radical (unpaired) electrons. The number of unbranched alkanes of at least 4 members (excludes halogenated alkanes) is 46. The van der Waals surface area contributed by atoms with Crippen LogP contribution in [0.1, 0.15) is 401 Å². The minimum absolute atomic E-state index is 0.106. The van der Waals surface area contributed by atoms with Crippen molar-refractivity contribution in [3.8, 4) is 0 Å². The molecule has 0 aromatic carbocycles. The van der Waals surface area contributed by atoms with Gasteiger partial charge in [0.15, 0.2) is 12.2 Å². The molecule has 0 bridgehead atoms. The minimum Gasteiger partial charge on any atom is -0.462 e. The lowest BCUT2D eigenvalue weighted by molar-refractivity contribution is -0.161. The van der Waals surface area contributed by atoms with E-state index in [1.807, 2.05) is 0 Å². The molecule has 0 saturated heterocycles. The lowest BCUT2D eigenvalue weighted by atomic mass is 10.0. The Hall–Kier alpha value is -1.94. The Bertz CT molecular complexity index is 1860. The van der Waals surface area contributed by atoms with E-state index >= 15 is 0 Å². The fourth-order valence-corrected chi connectivity index (χ4v) is 13.4. The molecule has 0 aromatic heterocycles. The second kappa shape index (κ2) is 68.8. The molecular formula is C77H150O17P2. The first-order valence-corrected chi connectivity index (χ1v) is 43.0. The minimum atomic E-state index is -4.96. The molecular weight excluding hydrogens is 1260 g/mol. The van der Waals surface area contributed by atoms with Crippen LogP contribution in [0, 0.1) is 11.8 Å². The molecule has 3 N–H and O–H groups in total. The molecule has 0 rings (SSSR count). The zero-order valence-electron chi connectivity index (χ0n) is 62.7. The normalized spacial score (nSPS) is 14.0. The number of hydrogen-bond donors (Lipinski definition) is 3. The fraction of sp³-hybridized carbons (Fsp3) is 0.948. The summed E-state index contributed by atoms with van der Waals surface area (Å²) in [7, 11) is -9.91. The van der Waals surface area contributed by atoms with E-state index in [1.165, 1.54) is 212 Å². The number of hydrogen-bond acceptors (Lipinski definition) is 15. The number of rotatable bonds is 76. The predicted octanol–water partition coefficient (Wildman–Crippen LogP) is 22.7. The molecule has 570 valence electrons. The number of phosphoric acid groups is 2. The maximum Gasteiger partial charge on any atom is 0.472 e. The van der Waals surface area contributed by atoms with Crippen LogP contribution in [0.2, 0.25) is 0 Å². The van der Waals surface area contributed by atoms with Gasteiger partial charge in [-0.3, -0.25) is 37.3 Å².